The van der Waals surface area contributed by atoms with Gasteiger partial charge >= 0.3 is 0 Å². The summed E-state index contributed by atoms with van der Waals surface area (Å²) in [6, 6.07) is 4.87. The van der Waals surface area contributed by atoms with Crippen LogP contribution in [0.5, 0.6) is 0 Å². The maximum atomic E-state index is 11.9. The molecule has 94 valence electrons. The predicted octanol–water partition coefficient (Wildman–Crippen LogP) is 1.71. The molecule has 0 aromatic heterocycles. The quantitative estimate of drug-likeness (QED) is 0.501. The normalized spacial score (nSPS) is 20.6. The van der Waals surface area contributed by atoms with Gasteiger partial charge in [-0.3, -0.25) is 14.2 Å². The molecule has 0 bridgehead atoms. The third-order valence-corrected chi connectivity index (χ3v) is 2.56. The molecule has 1 aliphatic rings. The second-order valence-electron chi connectivity index (χ2n) is 4.37. The average Bonchev–Trinajstić information content (AvgIpc) is 2.53. The Morgan fingerprint density at radius 2 is 2.17 bits per heavy atom. The second-order valence-corrected chi connectivity index (χ2v) is 4.37. The highest BCUT2D eigenvalue weighted by Gasteiger charge is 2.23. The summed E-state index contributed by atoms with van der Waals surface area (Å²) in [6.45, 7) is 1.35. The summed E-state index contributed by atoms with van der Waals surface area (Å²) in [5.41, 5.74) is 1.59. The van der Waals surface area contributed by atoms with Crippen molar-refractivity contribution in [3.63, 3.8) is 0 Å². The van der Waals surface area contributed by atoms with Crippen LogP contribution in [0.2, 0.25) is 0 Å². The van der Waals surface area contributed by atoms with Gasteiger partial charge in [0.05, 0.1) is 13.5 Å². The van der Waals surface area contributed by atoms with Crippen LogP contribution in [-0.2, 0) is 9.59 Å². The lowest BCUT2D eigenvalue weighted by atomic mass is 10.2. The van der Waals surface area contributed by atoms with Crippen molar-refractivity contribution in [1.29, 1.82) is 0 Å². The molecule has 1 heterocycles. The summed E-state index contributed by atoms with van der Waals surface area (Å²) in [4.78, 5) is 26.2. The van der Waals surface area contributed by atoms with Crippen LogP contribution in [0.15, 0.2) is 23.2 Å². The minimum absolute atomic E-state index is 0.157. The monoisotopic (exact) mass is 247 g/mol. The first-order chi connectivity index (χ1) is 8.38. The Bertz CT molecular complexity index is 549. The van der Waals surface area contributed by atoms with E-state index in [-0.39, 0.29) is 18.1 Å². The zero-order valence-electron chi connectivity index (χ0n) is 10.1. The standard InChI is InChI=1S/C12H13N3O3/c1-8(16)5-12(17)14-9-3-4-11-10(6-9)13-7-15(11,2)18/h3-4,6-7H,5H2,1-2H3,(H,14,17). The van der Waals surface area contributed by atoms with E-state index in [1.807, 2.05) is 0 Å². The molecule has 1 N–H and O–H groups in total. The summed E-state index contributed by atoms with van der Waals surface area (Å²) in [5, 5.41) is 14.4. The number of amides is 1. The Labute approximate surface area is 104 Å². The van der Waals surface area contributed by atoms with Gasteiger partial charge in [-0.05, 0) is 19.1 Å². The van der Waals surface area contributed by atoms with E-state index < -0.39 is 4.65 Å². The number of aliphatic imine (C=N–C) groups is 1. The van der Waals surface area contributed by atoms with Gasteiger partial charge in [-0.15, -0.1) is 0 Å². The fourth-order valence-electron chi connectivity index (χ4n) is 1.75. The predicted molar refractivity (Wildman–Crippen MR) is 69.6 cm³/mol. The molecule has 1 aromatic rings. The van der Waals surface area contributed by atoms with Crippen LogP contribution in [0.25, 0.3) is 0 Å². The van der Waals surface area contributed by atoms with Crippen LogP contribution in [-0.4, -0.2) is 25.1 Å². The third-order valence-electron chi connectivity index (χ3n) is 2.56. The maximum absolute atomic E-state index is 11.9. The Morgan fingerprint density at radius 3 is 2.83 bits per heavy atom. The minimum atomic E-state index is -0.656. The Balaban J connectivity index is 2.16. The summed E-state index contributed by atoms with van der Waals surface area (Å²) >= 11 is 0. The molecule has 0 saturated heterocycles. The number of rotatable bonds is 3. The summed E-state index contributed by atoms with van der Waals surface area (Å²) in [6.07, 6.45) is 1.13. The van der Waals surface area contributed by atoms with Crippen molar-refractivity contribution in [2.24, 2.45) is 4.99 Å². The van der Waals surface area contributed by atoms with Gasteiger partial charge in [-0.2, -0.15) is 4.99 Å². The number of nitrogens with zero attached hydrogens (tertiary/aromatic N) is 2. The number of hydrogen-bond donors (Lipinski definition) is 1. The fraction of sp³-hybridized carbons (Fsp3) is 0.250. The molecule has 1 aliphatic heterocycles. The van der Waals surface area contributed by atoms with E-state index in [4.69, 9.17) is 0 Å². The minimum Gasteiger partial charge on any atom is -0.621 e. The number of anilines is 1. The highest BCUT2D eigenvalue weighted by molar-refractivity contribution is 6.04. The van der Waals surface area contributed by atoms with Crippen molar-refractivity contribution in [3.8, 4) is 0 Å². The number of ketones is 1. The topological polar surface area (TPSA) is 81.6 Å². The van der Waals surface area contributed by atoms with E-state index in [1.54, 1.807) is 18.2 Å². The smallest absolute Gasteiger partial charge is 0.231 e. The van der Waals surface area contributed by atoms with E-state index in [2.05, 4.69) is 10.3 Å². The molecule has 1 atom stereocenters. The molecule has 1 aromatic carbocycles. The molecule has 6 heteroatoms. The molecule has 1 unspecified atom stereocenters. The molecule has 0 spiro atoms. The van der Waals surface area contributed by atoms with Gasteiger partial charge in [0.1, 0.15) is 11.5 Å². The van der Waals surface area contributed by atoms with Crippen molar-refractivity contribution in [1.82, 2.24) is 4.65 Å². The van der Waals surface area contributed by atoms with Crippen molar-refractivity contribution >= 4 is 35.1 Å². The first-order valence-electron chi connectivity index (χ1n) is 5.45. The van der Waals surface area contributed by atoms with Crippen LogP contribution in [0.3, 0.4) is 0 Å². The molecular formula is C12H13N3O3. The number of quaternary nitrogens is 1. The van der Waals surface area contributed by atoms with Gasteiger partial charge < -0.3 is 10.5 Å². The molecule has 2 rings (SSSR count). The maximum Gasteiger partial charge on any atom is 0.231 e. The number of hydrogen-bond acceptors (Lipinski definition) is 4. The lowest BCUT2D eigenvalue weighted by Crippen LogP contribution is -2.33. The Morgan fingerprint density at radius 1 is 1.44 bits per heavy atom. The first-order valence-corrected chi connectivity index (χ1v) is 5.45. The Kier molecular flexibility index (Phi) is 2.98. The lowest BCUT2D eigenvalue weighted by Gasteiger charge is -2.29. The summed E-state index contributed by atoms with van der Waals surface area (Å²) in [7, 11) is 1.48. The van der Waals surface area contributed by atoms with Crippen molar-refractivity contribution in [2.75, 3.05) is 12.4 Å². The molecule has 0 fully saturated rings. The molecule has 1 amide bonds. The number of hydroxylamine groups is 2. The number of Topliss-reactive ketones (excluding diaryl/α,β-unsaturated/α-hetero) is 1. The molecule has 0 radical (unpaired) electrons. The average molecular weight is 247 g/mol. The summed E-state index contributed by atoms with van der Waals surface area (Å²) in [5.74, 6) is -0.570. The zero-order valence-corrected chi connectivity index (χ0v) is 10.1. The fourth-order valence-corrected chi connectivity index (χ4v) is 1.75. The van der Waals surface area contributed by atoms with Crippen molar-refractivity contribution in [2.45, 2.75) is 13.3 Å². The van der Waals surface area contributed by atoms with E-state index in [0.717, 1.165) is 0 Å². The van der Waals surface area contributed by atoms with E-state index in [1.165, 1.54) is 20.3 Å². The highest BCUT2D eigenvalue weighted by Crippen LogP contribution is 2.37. The first kappa shape index (κ1) is 12.4. The number of carbonyl (C=O) groups excluding carboxylic acids is 2. The van der Waals surface area contributed by atoms with Gasteiger partial charge in [-0.25, -0.2) is 0 Å². The molecule has 0 saturated carbocycles. The van der Waals surface area contributed by atoms with E-state index >= 15 is 0 Å². The van der Waals surface area contributed by atoms with Gasteiger partial charge in [0.25, 0.3) is 0 Å². The molecule has 6 nitrogen and oxygen atoms in total. The van der Waals surface area contributed by atoms with Gasteiger partial charge in [0.2, 0.25) is 5.91 Å². The van der Waals surface area contributed by atoms with E-state index in [0.29, 0.717) is 17.1 Å². The largest absolute Gasteiger partial charge is 0.621 e. The van der Waals surface area contributed by atoms with Crippen LogP contribution in [0.1, 0.15) is 13.3 Å². The van der Waals surface area contributed by atoms with Crippen molar-refractivity contribution in [3.05, 3.63) is 23.4 Å². The van der Waals surface area contributed by atoms with Crippen LogP contribution < -0.4 is 9.96 Å². The lowest BCUT2D eigenvalue weighted by molar-refractivity contribution is -0.124. The van der Waals surface area contributed by atoms with Gasteiger partial charge in [0, 0.05) is 11.8 Å². The van der Waals surface area contributed by atoms with Crippen LogP contribution in [0, 0.1) is 5.21 Å². The van der Waals surface area contributed by atoms with E-state index in [9.17, 15) is 14.8 Å². The number of carbonyl (C=O) groups is 2. The van der Waals surface area contributed by atoms with Crippen molar-refractivity contribution < 1.29 is 9.59 Å². The number of nitrogens with one attached hydrogen (secondary N) is 1. The zero-order chi connectivity index (χ0) is 13.3. The second kappa shape index (κ2) is 4.32. The SMILES string of the molecule is CC(=O)CC(=O)Nc1ccc2c(c1)N=C[N+]2(C)[O-]. The van der Waals surface area contributed by atoms with Crippen LogP contribution in [0.4, 0.5) is 17.1 Å². The third kappa shape index (κ3) is 2.44. The molecule has 0 aliphatic carbocycles. The van der Waals surface area contributed by atoms with Gasteiger partial charge in [-0.1, -0.05) is 0 Å². The number of fused-ring (bicyclic) bond motifs is 1. The number of benzene rings is 1. The van der Waals surface area contributed by atoms with Gasteiger partial charge in [0.15, 0.2) is 12.0 Å². The summed E-state index contributed by atoms with van der Waals surface area (Å²) < 4.78 is -0.656. The van der Waals surface area contributed by atoms with Crippen LogP contribution >= 0.6 is 0 Å². The Hall–Kier alpha value is -2.05. The highest BCUT2D eigenvalue weighted by atomic mass is 16.5. The molecular weight excluding hydrogens is 234 g/mol. The molecule has 18 heavy (non-hydrogen) atoms.